The summed E-state index contributed by atoms with van der Waals surface area (Å²) in [4.78, 5) is 12.8. The van der Waals surface area contributed by atoms with E-state index in [0.29, 0.717) is 13.0 Å². The zero-order valence-electron chi connectivity index (χ0n) is 15.2. The van der Waals surface area contributed by atoms with Gasteiger partial charge >= 0.3 is 0 Å². The van der Waals surface area contributed by atoms with Gasteiger partial charge in [-0.1, -0.05) is 56.5 Å². The van der Waals surface area contributed by atoms with Gasteiger partial charge in [0.25, 0.3) is 0 Å². The molecule has 4 nitrogen and oxygen atoms in total. The third-order valence-corrected chi connectivity index (χ3v) is 3.99. The summed E-state index contributed by atoms with van der Waals surface area (Å²) in [5, 5.41) is 14.9. The summed E-state index contributed by atoms with van der Waals surface area (Å²) in [6, 6.07) is 9.73. The van der Waals surface area contributed by atoms with Crippen molar-refractivity contribution in [3.8, 4) is 0 Å². The van der Waals surface area contributed by atoms with Gasteiger partial charge in [-0.15, -0.1) is 0 Å². The van der Waals surface area contributed by atoms with Gasteiger partial charge in [-0.3, -0.25) is 4.79 Å². The average Bonchev–Trinajstić information content (AvgIpc) is 2.46. The van der Waals surface area contributed by atoms with E-state index in [0.717, 1.165) is 24.8 Å². The minimum atomic E-state index is -0.932. The van der Waals surface area contributed by atoms with Crippen molar-refractivity contribution in [2.45, 2.75) is 77.9 Å². The van der Waals surface area contributed by atoms with E-state index in [1.54, 1.807) is 0 Å². The van der Waals surface area contributed by atoms with Crippen molar-refractivity contribution in [1.82, 2.24) is 10.4 Å². The maximum absolute atomic E-state index is 12.8. The Bertz CT molecular complexity index is 482. The predicted octanol–water partition coefficient (Wildman–Crippen LogP) is 4.13. The van der Waals surface area contributed by atoms with Crippen molar-refractivity contribution in [2.24, 2.45) is 0 Å². The number of hydrogen-bond acceptors (Lipinski definition) is 3. The average molecular weight is 320 g/mol. The van der Waals surface area contributed by atoms with E-state index in [9.17, 15) is 10.0 Å². The summed E-state index contributed by atoms with van der Waals surface area (Å²) >= 11 is 0. The standard InChI is InChI=1S/C19H32N2O2/c1-6-7-11-14-19(5,17(22)20-18(2,3)4)21(23)15-16-12-9-8-10-13-16/h8-10,12-13,23H,6-7,11,14-15H2,1-5H3,(H,20,22). The molecule has 0 aromatic heterocycles. The molecule has 23 heavy (non-hydrogen) atoms. The fourth-order valence-corrected chi connectivity index (χ4v) is 2.49. The SMILES string of the molecule is CCCCCC(C)(C(=O)NC(C)(C)C)N(O)Cc1ccccc1. The van der Waals surface area contributed by atoms with Crippen LogP contribution in [-0.2, 0) is 11.3 Å². The summed E-state index contributed by atoms with van der Waals surface area (Å²) in [6.45, 7) is 10.2. The number of benzene rings is 1. The number of carbonyl (C=O) groups excluding carboxylic acids is 1. The first-order valence-corrected chi connectivity index (χ1v) is 8.52. The highest BCUT2D eigenvalue weighted by Gasteiger charge is 2.40. The van der Waals surface area contributed by atoms with Gasteiger partial charge in [-0.2, -0.15) is 5.06 Å². The highest BCUT2D eigenvalue weighted by molar-refractivity contribution is 5.86. The molecule has 1 aromatic carbocycles. The Morgan fingerprint density at radius 2 is 1.74 bits per heavy atom. The number of nitrogens with zero attached hydrogens (tertiary/aromatic N) is 1. The number of hydroxylamine groups is 2. The molecular weight excluding hydrogens is 288 g/mol. The second-order valence-corrected chi connectivity index (χ2v) is 7.48. The first-order valence-electron chi connectivity index (χ1n) is 8.52. The summed E-state index contributed by atoms with van der Waals surface area (Å²) in [5.74, 6) is -0.125. The molecule has 0 fully saturated rings. The Labute approximate surface area is 140 Å². The van der Waals surface area contributed by atoms with Crippen molar-refractivity contribution in [1.29, 1.82) is 0 Å². The minimum Gasteiger partial charge on any atom is -0.350 e. The van der Waals surface area contributed by atoms with Crippen LogP contribution in [0.25, 0.3) is 0 Å². The number of amides is 1. The Kier molecular flexibility index (Phi) is 7.23. The van der Waals surface area contributed by atoms with Crippen LogP contribution in [0.1, 0.15) is 65.9 Å². The van der Waals surface area contributed by atoms with Crippen LogP contribution in [0.15, 0.2) is 30.3 Å². The molecule has 0 aliphatic rings. The molecule has 4 heteroatoms. The summed E-state index contributed by atoms with van der Waals surface area (Å²) < 4.78 is 0. The fraction of sp³-hybridized carbons (Fsp3) is 0.632. The molecule has 0 aliphatic heterocycles. The van der Waals surface area contributed by atoms with Gasteiger partial charge < -0.3 is 10.5 Å². The molecule has 130 valence electrons. The molecule has 0 heterocycles. The first-order chi connectivity index (χ1) is 10.7. The molecule has 0 aliphatic carbocycles. The highest BCUT2D eigenvalue weighted by atomic mass is 16.5. The second-order valence-electron chi connectivity index (χ2n) is 7.48. The number of carbonyl (C=O) groups is 1. The summed E-state index contributed by atoms with van der Waals surface area (Å²) in [7, 11) is 0. The largest absolute Gasteiger partial charge is 0.350 e. The van der Waals surface area contributed by atoms with Crippen molar-refractivity contribution in [3.63, 3.8) is 0 Å². The number of nitrogens with one attached hydrogen (secondary N) is 1. The van der Waals surface area contributed by atoms with Crippen LogP contribution in [0, 0.1) is 0 Å². The number of unbranched alkanes of at least 4 members (excludes halogenated alkanes) is 2. The zero-order chi connectivity index (χ0) is 17.5. The van der Waals surface area contributed by atoms with E-state index >= 15 is 0 Å². The first kappa shape index (κ1) is 19.7. The van der Waals surface area contributed by atoms with Gasteiger partial charge in [-0.25, -0.2) is 0 Å². The van der Waals surface area contributed by atoms with E-state index in [-0.39, 0.29) is 11.4 Å². The molecule has 1 atom stereocenters. The van der Waals surface area contributed by atoms with Gasteiger partial charge in [0.1, 0.15) is 5.54 Å². The fourth-order valence-electron chi connectivity index (χ4n) is 2.49. The molecule has 0 saturated heterocycles. The molecule has 1 amide bonds. The summed E-state index contributed by atoms with van der Waals surface area (Å²) in [6.07, 6.45) is 3.68. The van der Waals surface area contributed by atoms with Crippen molar-refractivity contribution in [3.05, 3.63) is 35.9 Å². The van der Waals surface area contributed by atoms with Crippen molar-refractivity contribution >= 4 is 5.91 Å². The molecular formula is C19H32N2O2. The quantitative estimate of drug-likeness (QED) is 0.559. The monoisotopic (exact) mass is 320 g/mol. The third-order valence-electron chi connectivity index (χ3n) is 3.99. The number of hydrogen-bond donors (Lipinski definition) is 2. The predicted molar refractivity (Wildman–Crippen MR) is 94.2 cm³/mol. The Balaban J connectivity index is 2.90. The third kappa shape index (κ3) is 6.32. The molecule has 0 saturated carbocycles. The lowest BCUT2D eigenvalue weighted by molar-refractivity contribution is -0.189. The molecule has 0 radical (unpaired) electrons. The van der Waals surface area contributed by atoms with Gasteiger partial charge in [0.15, 0.2) is 0 Å². The second kappa shape index (κ2) is 8.46. The molecule has 2 N–H and O–H groups in total. The Hall–Kier alpha value is -1.39. The van der Waals surface area contributed by atoms with E-state index < -0.39 is 5.54 Å². The van der Waals surface area contributed by atoms with E-state index in [2.05, 4.69) is 12.2 Å². The zero-order valence-corrected chi connectivity index (χ0v) is 15.2. The minimum absolute atomic E-state index is 0.125. The molecule has 1 rings (SSSR count). The lowest BCUT2D eigenvalue weighted by atomic mass is 9.91. The van der Waals surface area contributed by atoms with Gasteiger partial charge in [0.2, 0.25) is 5.91 Å². The van der Waals surface area contributed by atoms with E-state index in [4.69, 9.17) is 0 Å². The van der Waals surface area contributed by atoms with Crippen LogP contribution in [-0.4, -0.2) is 27.3 Å². The molecule has 1 aromatic rings. The Morgan fingerprint density at radius 3 is 2.26 bits per heavy atom. The normalized spacial score (nSPS) is 14.6. The van der Waals surface area contributed by atoms with Gasteiger partial charge in [-0.05, 0) is 39.7 Å². The van der Waals surface area contributed by atoms with Crippen LogP contribution in [0.4, 0.5) is 0 Å². The van der Waals surface area contributed by atoms with Gasteiger partial charge in [0, 0.05) is 5.54 Å². The highest BCUT2D eigenvalue weighted by Crippen LogP contribution is 2.24. The lowest BCUT2D eigenvalue weighted by Gasteiger charge is -2.38. The topological polar surface area (TPSA) is 52.6 Å². The van der Waals surface area contributed by atoms with Crippen LogP contribution in [0.3, 0.4) is 0 Å². The van der Waals surface area contributed by atoms with Crippen LogP contribution in [0.2, 0.25) is 0 Å². The van der Waals surface area contributed by atoms with Crippen molar-refractivity contribution in [2.75, 3.05) is 0 Å². The number of rotatable bonds is 8. The van der Waals surface area contributed by atoms with E-state index in [1.165, 1.54) is 5.06 Å². The Morgan fingerprint density at radius 1 is 1.13 bits per heavy atom. The lowest BCUT2D eigenvalue weighted by Crippen LogP contribution is -2.59. The van der Waals surface area contributed by atoms with Crippen LogP contribution >= 0.6 is 0 Å². The van der Waals surface area contributed by atoms with Crippen LogP contribution in [0.5, 0.6) is 0 Å². The van der Waals surface area contributed by atoms with Crippen molar-refractivity contribution < 1.29 is 10.0 Å². The van der Waals surface area contributed by atoms with E-state index in [1.807, 2.05) is 58.0 Å². The molecule has 1 unspecified atom stereocenters. The molecule has 0 bridgehead atoms. The maximum atomic E-state index is 12.8. The van der Waals surface area contributed by atoms with Crippen LogP contribution < -0.4 is 5.32 Å². The molecule has 0 spiro atoms. The van der Waals surface area contributed by atoms with Gasteiger partial charge in [0.05, 0.1) is 6.54 Å². The maximum Gasteiger partial charge on any atom is 0.242 e. The summed E-state index contributed by atoms with van der Waals surface area (Å²) in [5.41, 5.74) is -0.269. The smallest absolute Gasteiger partial charge is 0.242 e.